The van der Waals surface area contributed by atoms with Crippen molar-refractivity contribution >= 4 is 0 Å². The van der Waals surface area contributed by atoms with Gasteiger partial charge in [0.05, 0.1) is 6.07 Å². The highest BCUT2D eigenvalue weighted by atomic mass is 16.6. The van der Waals surface area contributed by atoms with Gasteiger partial charge in [-0.25, -0.2) is 0 Å². The highest BCUT2D eigenvalue weighted by Crippen LogP contribution is 2.19. The molecule has 3 heteroatoms. The smallest absolute Gasteiger partial charge is 0.174 e. The van der Waals surface area contributed by atoms with Crippen LogP contribution in [-0.2, 0) is 4.74 Å². The van der Waals surface area contributed by atoms with E-state index in [1.54, 1.807) is 19.1 Å². The number of hydrogen-bond donors (Lipinski definition) is 1. The molecule has 74 valence electrons. The first-order chi connectivity index (χ1) is 6.79. The number of nitrogens with zero attached hydrogens (tertiary/aromatic N) is 1. The van der Waals surface area contributed by atoms with E-state index in [1.165, 1.54) is 0 Å². The molecule has 0 bridgehead atoms. The maximum Gasteiger partial charge on any atom is 0.174 e. The Hall–Kier alpha value is -1.37. The van der Waals surface area contributed by atoms with E-state index in [9.17, 15) is 5.11 Å². The molecule has 0 aromatic heterocycles. The third-order valence-corrected chi connectivity index (χ3v) is 1.92. The molecule has 0 saturated heterocycles. The van der Waals surface area contributed by atoms with Gasteiger partial charge in [-0.1, -0.05) is 30.3 Å². The van der Waals surface area contributed by atoms with E-state index in [4.69, 9.17) is 10.00 Å². The summed E-state index contributed by atoms with van der Waals surface area (Å²) in [7, 11) is 0. The highest BCUT2D eigenvalue weighted by Gasteiger charge is 2.20. The highest BCUT2D eigenvalue weighted by molar-refractivity contribution is 5.25. The van der Waals surface area contributed by atoms with E-state index in [0.29, 0.717) is 6.61 Å². The molecular weight excluding hydrogens is 178 g/mol. The number of aliphatic hydroxyl groups is 1. The largest absolute Gasteiger partial charge is 0.367 e. The summed E-state index contributed by atoms with van der Waals surface area (Å²) in [6, 6.07) is 11.2. The second-order valence-electron chi connectivity index (χ2n) is 2.86. The van der Waals surface area contributed by atoms with Crippen molar-refractivity contribution in [3.8, 4) is 6.07 Å². The number of nitriles is 1. The molecule has 3 nitrogen and oxygen atoms in total. The van der Waals surface area contributed by atoms with Gasteiger partial charge in [-0.05, 0) is 12.5 Å². The average Bonchev–Trinajstić information content (AvgIpc) is 2.21. The lowest BCUT2D eigenvalue weighted by molar-refractivity contribution is -0.101. The summed E-state index contributed by atoms with van der Waals surface area (Å²) in [5.41, 5.74) is 0.774. The van der Waals surface area contributed by atoms with Gasteiger partial charge in [-0.15, -0.1) is 0 Å². The maximum atomic E-state index is 9.52. The van der Waals surface area contributed by atoms with Crippen LogP contribution >= 0.6 is 0 Å². The maximum absolute atomic E-state index is 9.52. The van der Waals surface area contributed by atoms with Crippen LogP contribution in [0.1, 0.15) is 18.4 Å². The van der Waals surface area contributed by atoms with Gasteiger partial charge in [0, 0.05) is 6.61 Å². The molecule has 0 heterocycles. The second kappa shape index (κ2) is 5.38. The molecule has 0 spiro atoms. The zero-order valence-corrected chi connectivity index (χ0v) is 8.05. The molecule has 2 unspecified atom stereocenters. The normalized spacial score (nSPS) is 14.4. The van der Waals surface area contributed by atoms with E-state index >= 15 is 0 Å². The molecule has 0 aliphatic rings. The molecule has 0 aliphatic carbocycles. The summed E-state index contributed by atoms with van der Waals surface area (Å²) in [4.78, 5) is 0. The van der Waals surface area contributed by atoms with Gasteiger partial charge >= 0.3 is 0 Å². The van der Waals surface area contributed by atoms with Crippen molar-refractivity contribution in [3.05, 3.63) is 35.9 Å². The first kappa shape index (κ1) is 10.7. The number of hydrogen-bond acceptors (Lipinski definition) is 3. The molecule has 1 aromatic carbocycles. The van der Waals surface area contributed by atoms with E-state index in [2.05, 4.69) is 0 Å². The van der Waals surface area contributed by atoms with Crippen molar-refractivity contribution < 1.29 is 9.84 Å². The Morgan fingerprint density at radius 3 is 2.57 bits per heavy atom. The van der Waals surface area contributed by atoms with Gasteiger partial charge in [0.25, 0.3) is 0 Å². The van der Waals surface area contributed by atoms with Crippen LogP contribution in [0.25, 0.3) is 0 Å². The molecule has 14 heavy (non-hydrogen) atoms. The lowest BCUT2D eigenvalue weighted by Gasteiger charge is -2.16. The van der Waals surface area contributed by atoms with Crippen molar-refractivity contribution in [1.82, 2.24) is 0 Å². The average molecular weight is 191 g/mol. The van der Waals surface area contributed by atoms with Crippen LogP contribution in [0.3, 0.4) is 0 Å². The summed E-state index contributed by atoms with van der Waals surface area (Å²) in [5, 5.41) is 18.4. The van der Waals surface area contributed by atoms with E-state index < -0.39 is 12.2 Å². The van der Waals surface area contributed by atoms with Crippen molar-refractivity contribution in [2.24, 2.45) is 0 Å². The predicted molar refractivity (Wildman–Crippen MR) is 52.4 cm³/mol. The molecule has 0 aliphatic heterocycles. The van der Waals surface area contributed by atoms with E-state index in [1.807, 2.05) is 24.3 Å². The summed E-state index contributed by atoms with van der Waals surface area (Å²) >= 11 is 0. The van der Waals surface area contributed by atoms with Gasteiger partial charge in [0.15, 0.2) is 6.29 Å². The topological polar surface area (TPSA) is 53.2 Å². The number of ether oxygens (including phenoxy) is 1. The fraction of sp³-hybridized carbons (Fsp3) is 0.364. The Balaban J connectivity index is 2.78. The van der Waals surface area contributed by atoms with Crippen LogP contribution in [0.4, 0.5) is 0 Å². The standard InChI is InChI=1S/C11H13NO2/c1-2-14-11(13)10(8-12)9-6-4-3-5-7-9/h3-7,10-11,13H,2H2,1H3. The Labute approximate surface area is 83.6 Å². The van der Waals surface area contributed by atoms with Crippen LogP contribution in [0.5, 0.6) is 0 Å². The van der Waals surface area contributed by atoms with Crippen molar-refractivity contribution in [3.63, 3.8) is 0 Å². The molecule has 1 N–H and O–H groups in total. The predicted octanol–water partition coefficient (Wildman–Crippen LogP) is 1.65. The van der Waals surface area contributed by atoms with Crippen molar-refractivity contribution in [2.75, 3.05) is 6.61 Å². The minimum Gasteiger partial charge on any atom is -0.367 e. The Kier molecular flexibility index (Phi) is 4.11. The van der Waals surface area contributed by atoms with Crippen LogP contribution in [0.15, 0.2) is 30.3 Å². The minimum absolute atomic E-state index is 0.395. The molecular formula is C11H13NO2. The Bertz CT molecular complexity index is 305. The van der Waals surface area contributed by atoms with Gasteiger partial charge < -0.3 is 9.84 Å². The lowest BCUT2D eigenvalue weighted by atomic mass is 10.0. The molecule has 0 saturated carbocycles. The number of aliphatic hydroxyl groups excluding tert-OH is 1. The molecule has 2 atom stereocenters. The summed E-state index contributed by atoms with van der Waals surface area (Å²) in [6.07, 6.45) is -1.05. The van der Waals surface area contributed by atoms with Crippen molar-refractivity contribution in [1.29, 1.82) is 5.26 Å². The second-order valence-corrected chi connectivity index (χ2v) is 2.86. The molecule has 1 aromatic rings. The number of rotatable bonds is 4. The number of benzene rings is 1. The summed E-state index contributed by atoms with van der Waals surface area (Å²) < 4.78 is 4.98. The first-order valence-corrected chi connectivity index (χ1v) is 4.53. The molecule has 0 amide bonds. The summed E-state index contributed by atoms with van der Waals surface area (Å²) in [6.45, 7) is 2.18. The van der Waals surface area contributed by atoms with Crippen LogP contribution < -0.4 is 0 Å². The fourth-order valence-electron chi connectivity index (χ4n) is 1.23. The first-order valence-electron chi connectivity index (χ1n) is 4.53. The Morgan fingerprint density at radius 2 is 2.07 bits per heavy atom. The third kappa shape index (κ3) is 2.56. The van der Waals surface area contributed by atoms with Crippen LogP contribution in [0, 0.1) is 11.3 Å². The lowest BCUT2D eigenvalue weighted by Crippen LogP contribution is -2.20. The fourth-order valence-corrected chi connectivity index (χ4v) is 1.23. The zero-order chi connectivity index (χ0) is 10.4. The molecule has 0 fully saturated rings. The summed E-state index contributed by atoms with van der Waals surface area (Å²) in [5.74, 6) is -0.615. The monoisotopic (exact) mass is 191 g/mol. The molecule has 0 radical (unpaired) electrons. The Morgan fingerprint density at radius 1 is 1.43 bits per heavy atom. The van der Waals surface area contributed by atoms with Gasteiger partial charge in [-0.3, -0.25) is 0 Å². The van der Waals surface area contributed by atoms with Gasteiger partial charge in [0.2, 0.25) is 0 Å². The molecule has 1 rings (SSSR count). The van der Waals surface area contributed by atoms with Crippen LogP contribution in [0.2, 0.25) is 0 Å². The van der Waals surface area contributed by atoms with Gasteiger partial charge in [0.1, 0.15) is 5.92 Å². The SMILES string of the molecule is CCOC(O)C(C#N)c1ccccc1. The zero-order valence-electron chi connectivity index (χ0n) is 8.05. The third-order valence-electron chi connectivity index (χ3n) is 1.92. The van der Waals surface area contributed by atoms with E-state index in [0.717, 1.165) is 5.56 Å². The van der Waals surface area contributed by atoms with Crippen molar-refractivity contribution in [2.45, 2.75) is 19.1 Å². The quantitative estimate of drug-likeness (QED) is 0.736. The van der Waals surface area contributed by atoms with E-state index in [-0.39, 0.29) is 0 Å². The minimum atomic E-state index is -1.05. The van der Waals surface area contributed by atoms with Gasteiger partial charge in [-0.2, -0.15) is 5.26 Å². The van der Waals surface area contributed by atoms with Crippen LogP contribution in [-0.4, -0.2) is 18.0 Å².